The maximum Gasteiger partial charge on any atom is 0.421 e. The van der Waals surface area contributed by atoms with Crippen LogP contribution in [0.15, 0.2) is 59.6 Å². The number of likely N-dealkylation sites (N-methyl/N-ethyl adjacent to an activating group) is 1. The van der Waals surface area contributed by atoms with Crippen LogP contribution in [-0.4, -0.2) is 93.4 Å². The van der Waals surface area contributed by atoms with E-state index in [-0.39, 0.29) is 17.5 Å². The summed E-state index contributed by atoms with van der Waals surface area (Å²) in [6, 6.07) is 14.1. The summed E-state index contributed by atoms with van der Waals surface area (Å²) >= 11 is 0. The molecule has 10 nitrogen and oxygen atoms in total. The van der Waals surface area contributed by atoms with Crippen LogP contribution in [0, 0.1) is 0 Å². The molecule has 4 heterocycles. The average Bonchev–Trinajstić information content (AvgIpc) is 3.51. The van der Waals surface area contributed by atoms with Crippen LogP contribution >= 0.6 is 0 Å². The largest absolute Gasteiger partial charge is 0.421 e. The lowest BCUT2D eigenvalue weighted by molar-refractivity contribution is -0.138. The van der Waals surface area contributed by atoms with Crippen LogP contribution in [0.1, 0.15) is 36.4 Å². The van der Waals surface area contributed by atoms with Crippen molar-refractivity contribution in [2.75, 3.05) is 74.5 Å². The Bertz CT molecular complexity index is 1590. The standard InChI is InChI=1S/C31H38F3N7O3S/c1-38-13-15-40(16-14-38)24-8-11-39(12-9-24)25-18-23(19-26(20-25)45(2,42)43)36-30-35-21-27(31(32,33)34)29(37-30)41-28(10-17-44-41)22-6-4-3-5-7-22/h3-7,18-21,24,28H,8-17H2,1-2H3,(H,35,36,37). The lowest BCUT2D eigenvalue weighted by Crippen LogP contribution is -2.52. The van der Waals surface area contributed by atoms with Gasteiger partial charge in [0, 0.05) is 75.6 Å². The van der Waals surface area contributed by atoms with Crippen molar-refractivity contribution in [3.05, 3.63) is 65.9 Å². The monoisotopic (exact) mass is 645 g/mol. The first-order valence-corrected chi connectivity index (χ1v) is 17.1. The average molecular weight is 646 g/mol. The van der Waals surface area contributed by atoms with E-state index in [0.29, 0.717) is 18.2 Å². The molecule has 1 aromatic heterocycles. The molecule has 3 fully saturated rings. The van der Waals surface area contributed by atoms with Crippen molar-refractivity contribution in [2.45, 2.75) is 42.4 Å². The fourth-order valence-corrected chi connectivity index (χ4v) is 6.99. The Morgan fingerprint density at radius 3 is 2.33 bits per heavy atom. The fourth-order valence-electron chi connectivity index (χ4n) is 6.31. The Morgan fingerprint density at radius 2 is 1.67 bits per heavy atom. The van der Waals surface area contributed by atoms with Gasteiger partial charge in [0.1, 0.15) is 5.56 Å². The van der Waals surface area contributed by atoms with Crippen molar-refractivity contribution < 1.29 is 26.4 Å². The first kappa shape index (κ1) is 31.5. The van der Waals surface area contributed by atoms with Crippen LogP contribution in [-0.2, 0) is 20.9 Å². The number of halogens is 3. The number of sulfone groups is 1. The van der Waals surface area contributed by atoms with E-state index in [1.165, 1.54) is 11.1 Å². The number of hydrogen-bond acceptors (Lipinski definition) is 10. The van der Waals surface area contributed by atoms with Crippen molar-refractivity contribution in [1.29, 1.82) is 0 Å². The van der Waals surface area contributed by atoms with E-state index in [1.807, 2.05) is 30.3 Å². The zero-order chi connectivity index (χ0) is 31.8. The topological polar surface area (TPSA) is 94.1 Å². The van der Waals surface area contributed by atoms with Crippen LogP contribution in [0.25, 0.3) is 0 Å². The van der Waals surface area contributed by atoms with Crippen LogP contribution in [0.3, 0.4) is 0 Å². The number of alkyl halides is 3. The summed E-state index contributed by atoms with van der Waals surface area (Å²) in [6.45, 7) is 5.95. The molecule has 0 amide bonds. The smallest absolute Gasteiger partial charge is 0.371 e. The molecule has 0 bridgehead atoms. The summed E-state index contributed by atoms with van der Waals surface area (Å²) in [4.78, 5) is 21.1. The Hall–Kier alpha value is -3.46. The highest BCUT2D eigenvalue weighted by atomic mass is 32.2. The Kier molecular flexibility index (Phi) is 8.92. The summed E-state index contributed by atoms with van der Waals surface area (Å²) in [5.74, 6) is -0.512. The highest BCUT2D eigenvalue weighted by Crippen LogP contribution is 2.42. The number of rotatable bonds is 7. The lowest BCUT2D eigenvalue weighted by Gasteiger charge is -2.42. The van der Waals surface area contributed by atoms with Gasteiger partial charge in [0.05, 0.1) is 17.5 Å². The number of hydrogen-bond donors (Lipinski definition) is 1. The van der Waals surface area contributed by atoms with Crippen LogP contribution < -0.4 is 15.3 Å². The molecule has 0 radical (unpaired) electrons. The summed E-state index contributed by atoms with van der Waals surface area (Å²) in [6.07, 6.45) is -0.450. The summed E-state index contributed by atoms with van der Waals surface area (Å²) in [5.41, 5.74) is 0.862. The van der Waals surface area contributed by atoms with Crippen molar-refractivity contribution in [3.8, 4) is 0 Å². The van der Waals surface area contributed by atoms with Crippen molar-refractivity contribution >= 4 is 33.0 Å². The maximum atomic E-state index is 14.1. The van der Waals surface area contributed by atoms with Gasteiger partial charge in [-0.1, -0.05) is 30.3 Å². The molecule has 1 atom stereocenters. The Labute approximate surface area is 261 Å². The van der Waals surface area contributed by atoms with E-state index >= 15 is 0 Å². The molecule has 3 saturated heterocycles. The molecule has 1 N–H and O–H groups in total. The lowest BCUT2D eigenvalue weighted by atomic mass is 10.0. The first-order valence-electron chi connectivity index (χ1n) is 15.2. The van der Waals surface area contributed by atoms with Crippen molar-refractivity contribution in [1.82, 2.24) is 19.8 Å². The fraction of sp³-hybridized carbons (Fsp3) is 0.484. The molecule has 14 heteroatoms. The SMILES string of the molecule is CN1CCN(C2CCN(c3cc(Nc4ncc(C(F)(F)F)c(N5OCCC5c5ccccc5)n4)cc(S(C)(=O)=O)c3)CC2)CC1. The van der Waals surface area contributed by atoms with E-state index in [4.69, 9.17) is 4.84 Å². The number of aromatic nitrogens is 2. The minimum atomic E-state index is -4.72. The number of benzene rings is 2. The van der Waals surface area contributed by atoms with Gasteiger partial charge in [-0.15, -0.1) is 0 Å². The van der Waals surface area contributed by atoms with Crippen LogP contribution in [0.2, 0.25) is 0 Å². The minimum absolute atomic E-state index is 0.0999. The molecule has 0 aliphatic carbocycles. The molecular formula is C31H38F3N7O3S. The Morgan fingerprint density at radius 1 is 0.956 bits per heavy atom. The molecule has 2 aromatic carbocycles. The normalized spacial score (nSPS) is 21.0. The second-order valence-corrected chi connectivity index (χ2v) is 14.0. The predicted molar refractivity (Wildman–Crippen MR) is 166 cm³/mol. The number of hydroxylamine groups is 1. The number of piperazine rings is 1. The zero-order valence-electron chi connectivity index (χ0n) is 25.4. The van der Waals surface area contributed by atoms with Gasteiger partial charge in [-0.3, -0.25) is 9.74 Å². The molecule has 3 aliphatic heterocycles. The third kappa shape index (κ3) is 7.19. The number of nitrogens with zero attached hydrogens (tertiary/aromatic N) is 6. The third-order valence-corrected chi connectivity index (χ3v) is 9.92. The maximum absolute atomic E-state index is 14.1. The molecule has 45 heavy (non-hydrogen) atoms. The van der Waals surface area contributed by atoms with Crippen molar-refractivity contribution in [2.24, 2.45) is 0 Å². The number of piperidine rings is 1. The summed E-state index contributed by atoms with van der Waals surface area (Å²) in [7, 11) is -1.46. The third-order valence-electron chi connectivity index (χ3n) is 8.83. The van der Waals surface area contributed by atoms with Gasteiger partial charge in [0.15, 0.2) is 15.7 Å². The Balaban J connectivity index is 1.27. The molecule has 3 aliphatic rings. The summed E-state index contributed by atoms with van der Waals surface area (Å²) in [5, 5.41) is 4.18. The van der Waals surface area contributed by atoms with E-state index in [2.05, 4.69) is 37.0 Å². The van der Waals surface area contributed by atoms with Crippen LogP contribution in [0.4, 0.5) is 36.3 Å². The zero-order valence-corrected chi connectivity index (χ0v) is 26.2. The van der Waals surface area contributed by atoms with Gasteiger partial charge in [0.25, 0.3) is 0 Å². The van der Waals surface area contributed by atoms with Gasteiger partial charge in [-0.2, -0.15) is 18.2 Å². The minimum Gasteiger partial charge on any atom is -0.371 e. The van der Waals surface area contributed by atoms with Gasteiger partial charge >= 0.3 is 6.18 Å². The van der Waals surface area contributed by atoms with Gasteiger partial charge in [0.2, 0.25) is 5.95 Å². The second kappa shape index (κ2) is 12.7. The van der Waals surface area contributed by atoms with E-state index in [9.17, 15) is 21.6 Å². The van der Waals surface area contributed by atoms with E-state index in [1.54, 1.807) is 12.1 Å². The van der Waals surface area contributed by atoms with Gasteiger partial charge in [-0.25, -0.2) is 18.5 Å². The highest BCUT2D eigenvalue weighted by Gasteiger charge is 2.40. The number of anilines is 4. The molecule has 1 unspecified atom stereocenters. The first-order chi connectivity index (χ1) is 21.5. The van der Waals surface area contributed by atoms with E-state index in [0.717, 1.165) is 75.8 Å². The van der Waals surface area contributed by atoms with Gasteiger partial charge in [-0.05, 0) is 43.7 Å². The van der Waals surface area contributed by atoms with Gasteiger partial charge < -0.3 is 15.1 Å². The van der Waals surface area contributed by atoms with Crippen molar-refractivity contribution in [3.63, 3.8) is 0 Å². The summed E-state index contributed by atoms with van der Waals surface area (Å²) < 4.78 is 67.8. The second-order valence-electron chi connectivity index (χ2n) is 12.0. The number of nitrogens with one attached hydrogen (secondary N) is 1. The highest BCUT2D eigenvalue weighted by molar-refractivity contribution is 7.90. The van der Waals surface area contributed by atoms with E-state index < -0.39 is 33.4 Å². The quantitative estimate of drug-likeness (QED) is 0.389. The molecular weight excluding hydrogens is 607 g/mol. The molecule has 3 aromatic rings. The van der Waals surface area contributed by atoms with Crippen LogP contribution in [0.5, 0.6) is 0 Å². The molecule has 0 saturated carbocycles. The molecule has 6 rings (SSSR count). The molecule has 242 valence electrons. The molecule has 0 spiro atoms. The predicted octanol–water partition coefficient (Wildman–Crippen LogP) is 4.74.